The van der Waals surface area contributed by atoms with Crippen LogP contribution < -0.4 is 16.2 Å². The zero-order valence-electron chi connectivity index (χ0n) is 20.4. The van der Waals surface area contributed by atoms with Crippen molar-refractivity contribution >= 4 is 23.5 Å². The third kappa shape index (κ3) is 6.51. The fourth-order valence-electron chi connectivity index (χ4n) is 3.52. The van der Waals surface area contributed by atoms with Crippen molar-refractivity contribution in [2.24, 2.45) is 0 Å². The van der Waals surface area contributed by atoms with Crippen molar-refractivity contribution in [1.29, 1.82) is 0 Å². The summed E-state index contributed by atoms with van der Waals surface area (Å²) in [6.07, 6.45) is -5.36. The molecule has 40 heavy (non-hydrogen) atoms. The molecule has 4 rings (SSSR count). The summed E-state index contributed by atoms with van der Waals surface area (Å²) in [5.41, 5.74) is 1.67. The highest BCUT2D eigenvalue weighted by Crippen LogP contribution is 2.36. The van der Waals surface area contributed by atoms with Gasteiger partial charge in [0.25, 0.3) is 11.8 Å². The molecule has 0 spiro atoms. The Kier molecular flexibility index (Phi) is 7.70. The van der Waals surface area contributed by atoms with Gasteiger partial charge in [0, 0.05) is 35.4 Å². The molecule has 2 aromatic heterocycles. The predicted molar refractivity (Wildman–Crippen MR) is 131 cm³/mol. The van der Waals surface area contributed by atoms with Crippen LogP contribution in [0.2, 0.25) is 0 Å². The molecule has 206 valence electrons. The van der Waals surface area contributed by atoms with Crippen LogP contribution in [-0.4, -0.2) is 26.8 Å². The number of pyridine rings is 1. The number of hydrogen-bond acceptors (Lipinski definition) is 6. The Morgan fingerprint density at radius 1 is 0.825 bits per heavy atom. The molecular weight excluding hydrogens is 542 g/mol. The number of amides is 2. The van der Waals surface area contributed by atoms with Gasteiger partial charge in [-0.25, -0.2) is 9.97 Å². The van der Waals surface area contributed by atoms with Crippen molar-refractivity contribution in [3.8, 4) is 11.3 Å². The number of benzene rings is 2. The molecule has 0 fully saturated rings. The number of carbonyl (C=O) groups excluding carboxylic acids is 2. The van der Waals surface area contributed by atoms with Crippen LogP contribution in [0.15, 0.2) is 73.2 Å². The second-order valence-electron chi connectivity index (χ2n) is 8.33. The normalized spacial score (nSPS) is 11.6. The van der Waals surface area contributed by atoms with E-state index in [1.165, 1.54) is 18.3 Å². The van der Waals surface area contributed by atoms with Crippen LogP contribution >= 0.6 is 0 Å². The van der Waals surface area contributed by atoms with Gasteiger partial charge in [-0.3, -0.25) is 25.4 Å². The topological polar surface area (TPSA) is 109 Å². The highest BCUT2D eigenvalue weighted by atomic mass is 19.4. The summed E-state index contributed by atoms with van der Waals surface area (Å²) in [6, 6.07) is 9.97. The van der Waals surface area contributed by atoms with E-state index in [0.29, 0.717) is 16.9 Å². The van der Waals surface area contributed by atoms with Crippen LogP contribution in [-0.2, 0) is 12.4 Å². The minimum Gasteiger partial charge on any atom is -0.324 e. The molecule has 0 radical (unpaired) electrons. The van der Waals surface area contributed by atoms with Gasteiger partial charge in [-0.05, 0) is 61.0 Å². The minimum absolute atomic E-state index is 0.0306. The lowest BCUT2D eigenvalue weighted by Crippen LogP contribution is -2.42. The maximum atomic E-state index is 13.3. The molecular formula is C26H18F6N6O2. The maximum Gasteiger partial charge on any atom is 0.417 e. The first-order chi connectivity index (χ1) is 18.8. The van der Waals surface area contributed by atoms with E-state index in [4.69, 9.17) is 0 Å². The Hall–Kier alpha value is -5.01. The van der Waals surface area contributed by atoms with E-state index in [9.17, 15) is 35.9 Å². The standard InChI is InChI=1S/C26H18F6N6O2/c1-14-4-5-15(11-21(14)36-24-34-10-8-20(35-24)16-3-2-9-33-13-16)22(39)37-38-23(40)18-12-17(25(27,28)29)6-7-19(18)26(30,31)32/h2-13H,1H3,(H,37,39)(H,38,40)(H,34,35,36). The third-order valence-corrected chi connectivity index (χ3v) is 5.55. The first-order valence-corrected chi connectivity index (χ1v) is 11.3. The van der Waals surface area contributed by atoms with E-state index in [-0.39, 0.29) is 29.7 Å². The summed E-state index contributed by atoms with van der Waals surface area (Å²) in [6.45, 7) is 1.73. The summed E-state index contributed by atoms with van der Waals surface area (Å²) in [4.78, 5) is 37.7. The Morgan fingerprint density at radius 2 is 1.57 bits per heavy atom. The minimum atomic E-state index is -5.12. The molecule has 2 aromatic carbocycles. The summed E-state index contributed by atoms with van der Waals surface area (Å²) >= 11 is 0. The third-order valence-electron chi connectivity index (χ3n) is 5.55. The van der Waals surface area contributed by atoms with Crippen molar-refractivity contribution in [3.63, 3.8) is 0 Å². The Balaban J connectivity index is 1.51. The van der Waals surface area contributed by atoms with E-state index >= 15 is 0 Å². The van der Waals surface area contributed by atoms with E-state index in [1.807, 2.05) is 5.43 Å². The lowest BCUT2D eigenvalue weighted by molar-refractivity contribution is -0.141. The average Bonchev–Trinajstić information content (AvgIpc) is 2.92. The number of rotatable bonds is 5. The molecule has 0 aliphatic rings. The molecule has 8 nitrogen and oxygen atoms in total. The molecule has 0 bridgehead atoms. The van der Waals surface area contributed by atoms with Gasteiger partial charge in [0.1, 0.15) is 0 Å². The van der Waals surface area contributed by atoms with Gasteiger partial charge < -0.3 is 5.32 Å². The van der Waals surface area contributed by atoms with Crippen molar-refractivity contribution in [2.45, 2.75) is 19.3 Å². The molecule has 2 heterocycles. The number of anilines is 2. The largest absolute Gasteiger partial charge is 0.417 e. The van der Waals surface area contributed by atoms with Crippen LogP contribution in [0.4, 0.5) is 38.0 Å². The SMILES string of the molecule is Cc1ccc(C(=O)NNC(=O)c2cc(C(F)(F)F)ccc2C(F)(F)F)cc1Nc1nccc(-c2cccnc2)n1. The van der Waals surface area contributed by atoms with Crippen LogP contribution in [0.25, 0.3) is 11.3 Å². The smallest absolute Gasteiger partial charge is 0.324 e. The first-order valence-electron chi connectivity index (χ1n) is 11.3. The van der Waals surface area contributed by atoms with Crippen LogP contribution in [0, 0.1) is 6.92 Å². The summed E-state index contributed by atoms with van der Waals surface area (Å²) in [5, 5.41) is 2.97. The molecule has 2 amide bonds. The summed E-state index contributed by atoms with van der Waals surface area (Å²) < 4.78 is 79.0. The summed E-state index contributed by atoms with van der Waals surface area (Å²) in [7, 11) is 0. The van der Waals surface area contributed by atoms with Gasteiger partial charge >= 0.3 is 12.4 Å². The second kappa shape index (κ2) is 11.0. The monoisotopic (exact) mass is 560 g/mol. The zero-order chi connectivity index (χ0) is 29.1. The van der Waals surface area contributed by atoms with E-state index in [1.54, 1.807) is 49.0 Å². The maximum absolute atomic E-state index is 13.3. The van der Waals surface area contributed by atoms with Gasteiger partial charge in [0.2, 0.25) is 5.95 Å². The Bertz CT molecular complexity index is 1560. The fraction of sp³-hybridized carbons (Fsp3) is 0.115. The number of carbonyl (C=O) groups is 2. The van der Waals surface area contributed by atoms with Gasteiger partial charge in [-0.15, -0.1) is 0 Å². The molecule has 0 saturated carbocycles. The van der Waals surface area contributed by atoms with Gasteiger partial charge in [0.05, 0.1) is 22.4 Å². The first kappa shape index (κ1) is 28.0. The van der Waals surface area contributed by atoms with E-state index < -0.39 is 40.9 Å². The number of aryl methyl sites for hydroxylation is 1. The highest BCUT2D eigenvalue weighted by molar-refractivity contribution is 6.00. The molecule has 0 atom stereocenters. The van der Waals surface area contributed by atoms with Crippen molar-refractivity contribution in [1.82, 2.24) is 25.8 Å². The molecule has 0 aliphatic carbocycles. The fourth-order valence-corrected chi connectivity index (χ4v) is 3.52. The number of aromatic nitrogens is 3. The molecule has 4 aromatic rings. The quantitative estimate of drug-likeness (QED) is 0.213. The number of nitrogens with zero attached hydrogens (tertiary/aromatic N) is 3. The van der Waals surface area contributed by atoms with Crippen molar-refractivity contribution < 1.29 is 35.9 Å². The molecule has 0 unspecified atom stereocenters. The van der Waals surface area contributed by atoms with Crippen LogP contribution in [0.1, 0.15) is 37.4 Å². The van der Waals surface area contributed by atoms with Gasteiger partial charge in [-0.1, -0.05) is 6.07 Å². The van der Waals surface area contributed by atoms with Crippen LogP contribution in [0.5, 0.6) is 0 Å². The summed E-state index contributed by atoms with van der Waals surface area (Å²) in [5.74, 6) is -2.33. The number of alkyl halides is 6. The zero-order valence-corrected chi connectivity index (χ0v) is 20.4. The predicted octanol–water partition coefficient (Wildman–Crippen LogP) is 5.70. The highest BCUT2D eigenvalue weighted by Gasteiger charge is 2.38. The lowest BCUT2D eigenvalue weighted by atomic mass is 10.0. The molecule has 3 N–H and O–H groups in total. The number of hydrazine groups is 1. The van der Waals surface area contributed by atoms with E-state index in [2.05, 4.69) is 20.3 Å². The van der Waals surface area contributed by atoms with Gasteiger partial charge in [0.15, 0.2) is 0 Å². The second-order valence-corrected chi connectivity index (χ2v) is 8.33. The van der Waals surface area contributed by atoms with E-state index in [0.717, 1.165) is 5.56 Å². The number of nitrogens with one attached hydrogen (secondary N) is 3. The van der Waals surface area contributed by atoms with Crippen LogP contribution in [0.3, 0.4) is 0 Å². The molecule has 14 heteroatoms. The molecule has 0 saturated heterocycles. The molecule has 0 aliphatic heterocycles. The number of hydrogen-bond donors (Lipinski definition) is 3. The Labute approximate surface area is 222 Å². The average molecular weight is 560 g/mol. The van der Waals surface area contributed by atoms with Crippen molar-refractivity contribution in [2.75, 3.05) is 5.32 Å². The Morgan fingerprint density at radius 3 is 2.25 bits per heavy atom. The number of halogens is 6. The van der Waals surface area contributed by atoms with Gasteiger partial charge in [-0.2, -0.15) is 26.3 Å². The van der Waals surface area contributed by atoms with Crippen molar-refractivity contribution in [3.05, 3.63) is 101 Å². The lowest BCUT2D eigenvalue weighted by Gasteiger charge is -2.16.